The highest BCUT2D eigenvalue weighted by Gasteiger charge is 2.20. The van der Waals surface area contributed by atoms with Gasteiger partial charge in [-0.05, 0) is 49.2 Å². The maximum absolute atomic E-state index is 12.5. The van der Waals surface area contributed by atoms with Gasteiger partial charge in [0.15, 0.2) is 9.84 Å². The summed E-state index contributed by atoms with van der Waals surface area (Å²) in [6, 6.07) is 12.4. The van der Waals surface area contributed by atoms with Crippen molar-refractivity contribution in [1.29, 1.82) is 0 Å². The standard InChI is InChI=1S/C21H23ClN2O5S/c22-15-7-9-17(10-8-15)30(27,28)13-11-20(25)24-19-6-2-1-5-18(19)21(26)23-14-16-4-3-12-29-16/h1-2,5-10,16H,3-4,11-14H2,(H,23,26)(H,24,25). The Kier molecular flexibility index (Phi) is 7.47. The molecule has 1 aliphatic rings. The molecule has 1 heterocycles. The van der Waals surface area contributed by atoms with Gasteiger partial charge in [0.1, 0.15) is 0 Å². The van der Waals surface area contributed by atoms with Crippen LogP contribution in [0.5, 0.6) is 0 Å². The molecule has 1 atom stereocenters. The summed E-state index contributed by atoms with van der Waals surface area (Å²) >= 11 is 5.78. The van der Waals surface area contributed by atoms with Crippen LogP contribution in [0.4, 0.5) is 5.69 Å². The summed E-state index contributed by atoms with van der Waals surface area (Å²) in [4.78, 5) is 25.0. The Labute approximate surface area is 180 Å². The van der Waals surface area contributed by atoms with Crippen molar-refractivity contribution < 1.29 is 22.7 Å². The summed E-state index contributed by atoms with van der Waals surface area (Å²) in [6.07, 6.45) is 1.65. The number of hydrogen-bond donors (Lipinski definition) is 2. The van der Waals surface area contributed by atoms with Crippen LogP contribution in [0.25, 0.3) is 0 Å². The van der Waals surface area contributed by atoms with Gasteiger partial charge in [0.2, 0.25) is 5.91 Å². The van der Waals surface area contributed by atoms with E-state index in [2.05, 4.69) is 10.6 Å². The van der Waals surface area contributed by atoms with Crippen LogP contribution in [0.2, 0.25) is 5.02 Å². The summed E-state index contributed by atoms with van der Waals surface area (Å²) in [6.45, 7) is 1.10. The molecule has 3 rings (SSSR count). The maximum atomic E-state index is 12.5. The van der Waals surface area contributed by atoms with Crippen LogP contribution in [0.1, 0.15) is 29.6 Å². The molecule has 160 valence electrons. The molecule has 1 unspecified atom stereocenters. The molecule has 2 N–H and O–H groups in total. The Morgan fingerprint density at radius 3 is 2.53 bits per heavy atom. The van der Waals surface area contributed by atoms with Gasteiger partial charge in [-0.2, -0.15) is 0 Å². The normalized spacial score (nSPS) is 16.2. The largest absolute Gasteiger partial charge is 0.376 e. The van der Waals surface area contributed by atoms with Crippen molar-refractivity contribution in [2.45, 2.75) is 30.3 Å². The van der Waals surface area contributed by atoms with Crippen LogP contribution in [-0.2, 0) is 19.4 Å². The van der Waals surface area contributed by atoms with Crippen molar-refractivity contribution in [2.24, 2.45) is 0 Å². The average molecular weight is 451 g/mol. The fourth-order valence-corrected chi connectivity index (χ4v) is 4.46. The van der Waals surface area contributed by atoms with E-state index < -0.39 is 15.7 Å². The van der Waals surface area contributed by atoms with Gasteiger partial charge >= 0.3 is 0 Å². The van der Waals surface area contributed by atoms with Crippen molar-refractivity contribution in [3.05, 3.63) is 59.1 Å². The number of carbonyl (C=O) groups is 2. The number of carbonyl (C=O) groups excluding carboxylic acids is 2. The third kappa shape index (κ3) is 6.04. The number of amides is 2. The molecule has 2 aromatic rings. The van der Waals surface area contributed by atoms with Crippen molar-refractivity contribution >= 4 is 38.9 Å². The number of hydrogen-bond acceptors (Lipinski definition) is 5. The number of nitrogens with one attached hydrogen (secondary N) is 2. The fraction of sp³-hybridized carbons (Fsp3) is 0.333. The lowest BCUT2D eigenvalue weighted by atomic mass is 10.1. The van der Waals surface area contributed by atoms with Gasteiger partial charge in [-0.15, -0.1) is 0 Å². The molecule has 0 aromatic heterocycles. The number of ether oxygens (including phenoxy) is 1. The zero-order valence-electron chi connectivity index (χ0n) is 16.3. The molecule has 0 radical (unpaired) electrons. The van der Waals surface area contributed by atoms with Crippen molar-refractivity contribution in [1.82, 2.24) is 5.32 Å². The number of anilines is 1. The Balaban J connectivity index is 1.58. The average Bonchev–Trinajstić information content (AvgIpc) is 3.25. The first-order valence-electron chi connectivity index (χ1n) is 9.62. The van der Waals surface area contributed by atoms with Gasteiger partial charge in [0.05, 0.1) is 28.0 Å². The first-order valence-corrected chi connectivity index (χ1v) is 11.7. The number of rotatable bonds is 8. The topological polar surface area (TPSA) is 102 Å². The number of benzene rings is 2. The zero-order valence-corrected chi connectivity index (χ0v) is 17.8. The molecule has 0 bridgehead atoms. The third-order valence-corrected chi connectivity index (χ3v) is 6.71. The fourth-order valence-electron chi connectivity index (χ4n) is 3.10. The van der Waals surface area contributed by atoms with Gasteiger partial charge in [-0.3, -0.25) is 9.59 Å². The summed E-state index contributed by atoms with van der Waals surface area (Å²) in [7, 11) is -3.62. The van der Waals surface area contributed by atoms with E-state index in [4.69, 9.17) is 16.3 Å². The summed E-state index contributed by atoms with van der Waals surface area (Å²) in [5, 5.41) is 5.88. The summed E-state index contributed by atoms with van der Waals surface area (Å²) in [5.74, 6) is -1.17. The van der Waals surface area contributed by atoms with E-state index in [1.165, 1.54) is 24.3 Å². The highest BCUT2D eigenvalue weighted by Crippen LogP contribution is 2.18. The van der Waals surface area contributed by atoms with E-state index >= 15 is 0 Å². The Morgan fingerprint density at radius 2 is 1.83 bits per heavy atom. The molecule has 30 heavy (non-hydrogen) atoms. The maximum Gasteiger partial charge on any atom is 0.253 e. The minimum Gasteiger partial charge on any atom is -0.376 e. The van der Waals surface area contributed by atoms with Gasteiger partial charge in [0, 0.05) is 24.6 Å². The SMILES string of the molecule is O=C(CCS(=O)(=O)c1ccc(Cl)cc1)Nc1ccccc1C(=O)NCC1CCCO1. The number of halogens is 1. The van der Waals surface area contributed by atoms with Crippen molar-refractivity contribution in [2.75, 3.05) is 24.2 Å². The third-order valence-electron chi connectivity index (χ3n) is 4.73. The predicted molar refractivity (Wildman–Crippen MR) is 115 cm³/mol. The van der Waals surface area contributed by atoms with Crippen molar-refractivity contribution in [3.8, 4) is 0 Å². The molecule has 9 heteroatoms. The molecular formula is C21H23ClN2O5S. The van der Waals surface area contributed by atoms with Gasteiger partial charge < -0.3 is 15.4 Å². The monoisotopic (exact) mass is 450 g/mol. The lowest BCUT2D eigenvalue weighted by Gasteiger charge is -2.14. The Bertz CT molecular complexity index is 1000. The zero-order chi connectivity index (χ0) is 21.6. The number of sulfone groups is 1. The summed E-state index contributed by atoms with van der Waals surface area (Å²) in [5.41, 5.74) is 0.639. The molecule has 1 aliphatic heterocycles. The second kappa shape index (κ2) is 10.1. The van der Waals surface area contributed by atoms with Crippen LogP contribution < -0.4 is 10.6 Å². The Hall–Kier alpha value is -2.42. The van der Waals surface area contributed by atoms with E-state index in [1.54, 1.807) is 24.3 Å². The molecule has 1 saturated heterocycles. The van der Waals surface area contributed by atoms with Gasteiger partial charge in [-0.25, -0.2) is 8.42 Å². The lowest BCUT2D eigenvalue weighted by molar-refractivity contribution is -0.115. The van der Waals surface area contributed by atoms with Crippen LogP contribution in [0, 0.1) is 0 Å². The predicted octanol–water partition coefficient (Wildman–Crippen LogP) is 3.05. The molecule has 2 aromatic carbocycles. The second-order valence-corrected chi connectivity index (χ2v) is 9.51. The van der Waals surface area contributed by atoms with Crippen LogP contribution in [0.15, 0.2) is 53.4 Å². The molecule has 1 fully saturated rings. The van der Waals surface area contributed by atoms with Crippen LogP contribution >= 0.6 is 11.6 Å². The Morgan fingerprint density at radius 1 is 1.10 bits per heavy atom. The minimum absolute atomic E-state index is 0.00813. The number of para-hydroxylation sites is 1. The van der Waals surface area contributed by atoms with E-state index in [0.29, 0.717) is 29.4 Å². The van der Waals surface area contributed by atoms with Gasteiger partial charge in [0.25, 0.3) is 5.91 Å². The molecule has 0 aliphatic carbocycles. The van der Waals surface area contributed by atoms with E-state index in [0.717, 1.165) is 12.8 Å². The highest BCUT2D eigenvalue weighted by atomic mass is 35.5. The first kappa shape index (κ1) is 22.3. The highest BCUT2D eigenvalue weighted by molar-refractivity contribution is 7.91. The van der Waals surface area contributed by atoms with Gasteiger partial charge in [-0.1, -0.05) is 23.7 Å². The first-order chi connectivity index (χ1) is 14.3. The smallest absolute Gasteiger partial charge is 0.253 e. The lowest BCUT2D eigenvalue weighted by Crippen LogP contribution is -2.32. The minimum atomic E-state index is -3.62. The summed E-state index contributed by atoms with van der Waals surface area (Å²) < 4.78 is 30.3. The molecule has 0 saturated carbocycles. The van der Waals surface area contributed by atoms with Crippen molar-refractivity contribution in [3.63, 3.8) is 0 Å². The molecule has 2 amide bonds. The quantitative estimate of drug-likeness (QED) is 0.643. The van der Waals surface area contributed by atoms with E-state index in [1.807, 2.05) is 0 Å². The second-order valence-electron chi connectivity index (χ2n) is 6.96. The van der Waals surface area contributed by atoms with E-state index in [-0.39, 0.29) is 29.1 Å². The molecule has 7 nitrogen and oxygen atoms in total. The van der Waals surface area contributed by atoms with Crippen LogP contribution in [-0.4, -0.2) is 45.2 Å². The van der Waals surface area contributed by atoms with E-state index in [9.17, 15) is 18.0 Å². The molecule has 0 spiro atoms. The molecular weight excluding hydrogens is 428 g/mol. The van der Waals surface area contributed by atoms with Crippen LogP contribution in [0.3, 0.4) is 0 Å².